The van der Waals surface area contributed by atoms with E-state index in [-0.39, 0.29) is 18.4 Å². The molecule has 0 aliphatic carbocycles. The molecule has 2 amide bonds. The van der Waals surface area contributed by atoms with Gasteiger partial charge in [0.2, 0.25) is 0 Å². The summed E-state index contributed by atoms with van der Waals surface area (Å²) in [6.07, 6.45) is 0. The van der Waals surface area contributed by atoms with Crippen LogP contribution in [0, 0.1) is 13.8 Å². The second kappa shape index (κ2) is 5.76. The Bertz CT molecular complexity index is 799. The zero-order chi connectivity index (χ0) is 16.6. The van der Waals surface area contributed by atoms with Gasteiger partial charge in [0, 0.05) is 12.7 Å². The van der Waals surface area contributed by atoms with E-state index >= 15 is 0 Å². The second-order valence-electron chi connectivity index (χ2n) is 5.65. The Balaban J connectivity index is 1.91. The van der Waals surface area contributed by atoms with Crippen molar-refractivity contribution in [2.24, 2.45) is 0 Å². The van der Waals surface area contributed by atoms with Gasteiger partial charge in [0.15, 0.2) is 12.4 Å². The van der Waals surface area contributed by atoms with Gasteiger partial charge in [-0.05, 0) is 49.2 Å². The zero-order valence-corrected chi connectivity index (χ0v) is 13.3. The standard InChI is InChI=1S/C18H18N2O3/c1-11-7-8-13(9-12(11)2)19-18(22)14-5-4-6-15-17(14)23-10-16(21)20(15)3/h4-9H,10H2,1-3H3,(H,19,22). The normalized spacial score (nSPS) is 13.3. The van der Waals surface area contributed by atoms with Crippen LogP contribution in [0.1, 0.15) is 21.5 Å². The smallest absolute Gasteiger partial charge is 0.264 e. The van der Waals surface area contributed by atoms with Crippen LogP contribution in [-0.4, -0.2) is 25.5 Å². The van der Waals surface area contributed by atoms with Crippen LogP contribution in [-0.2, 0) is 4.79 Å². The molecule has 1 heterocycles. The Morgan fingerprint density at radius 1 is 1.17 bits per heavy atom. The topological polar surface area (TPSA) is 58.6 Å². The van der Waals surface area contributed by atoms with E-state index in [1.54, 1.807) is 25.2 Å². The fraction of sp³-hybridized carbons (Fsp3) is 0.222. The minimum atomic E-state index is -0.257. The average molecular weight is 310 g/mol. The molecular formula is C18H18N2O3. The van der Waals surface area contributed by atoms with Crippen molar-refractivity contribution in [1.82, 2.24) is 0 Å². The van der Waals surface area contributed by atoms with Gasteiger partial charge in [-0.1, -0.05) is 12.1 Å². The summed E-state index contributed by atoms with van der Waals surface area (Å²) in [7, 11) is 1.68. The van der Waals surface area contributed by atoms with Crippen molar-refractivity contribution >= 4 is 23.2 Å². The van der Waals surface area contributed by atoms with Crippen molar-refractivity contribution in [2.45, 2.75) is 13.8 Å². The maximum absolute atomic E-state index is 12.6. The lowest BCUT2D eigenvalue weighted by Crippen LogP contribution is -2.36. The molecule has 2 aromatic carbocycles. The number of carbonyl (C=O) groups is 2. The molecule has 1 aliphatic rings. The highest BCUT2D eigenvalue weighted by molar-refractivity contribution is 6.09. The largest absolute Gasteiger partial charge is 0.481 e. The maximum Gasteiger partial charge on any atom is 0.264 e. The number of fused-ring (bicyclic) bond motifs is 1. The second-order valence-corrected chi connectivity index (χ2v) is 5.65. The van der Waals surface area contributed by atoms with Crippen LogP contribution >= 0.6 is 0 Å². The van der Waals surface area contributed by atoms with Crippen LogP contribution in [0.3, 0.4) is 0 Å². The summed E-state index contributed by atoms with van der Waals surface area (Å²) in [5, 5.41) is 2.88. The third-order valence-corrected chi connectivity index (χ3v) is 4.08. The van der Waals surface area contributed by atoms with Crippen molar-refractivity contribution in [3.05, 3.63) is 53.1 Å². The lowest BCUT2D eigenvalue weighted by molar-refractivity contribution is -0.121. The summed E-state index contributed by atoms with van der Waals surface area (Å²) in [6, 6.07) is 11.0. The molecule has 1 aliphatic heterocycles. The van der Waals surface area contributed by atoms with E-state index in [0.717, 1.165) is 11.3 Å². The molecule has 0 radical (unpaired) electrons. The predicted molar refractivity (Wildman–Crippen MR) is 89.2 cm³/mol. The van der Waals surface area contributed by atoms with E-state index in [1.807, 2.05) is 32.0 Å². The maximum atomic E-state index is 12.6. The van der Waals surface area contributed by atoms with Gasteiger partial charge >= 0.3 is 0 Å². The molecular weight excluding hydrogens is 292 g/mol. The molecule has 1 N–H and O–H groups in total. The summed E-state index contributed by atoms with van der Waals surface area (Å²) in [6.45, 7) is 3.96. The van der Waals surface area contributed by atoms with Crippen LogP contribution in [0.5, 0.6) is 5.75 Å². The summed E-state index contributed by atoms with van der Waals surface area (Å²) in [4.78, 5) is 25.8. The highest BCUT2D eigenvalue weighted by Gasteiger charge is 2.26. The highest BCUT2D eigenvalue weighted by Crippen LogP contribution is 2.34. The Morgan fingerprint density at radius 3 is 2.70 bits per heavy atom. The third-order valence-electron chi connectivity index (χ3n) is 4.08. The third kappa shape index (κ3) is 2.77. The Hall–Kier alpha value is -2.82. The number of amides is 2. The van der Waals surface area contributed by atoms with E-state index in [4.69, 9.17) is 4.74 Å². The van der Waals surface area contributed by atoms with E-state index in [9.17, 15) is 9.59 Å². The number of para-hydroxylation sites is 1. The van der Waals surface area contributed by atoms with Crippen LogP contribution in [0.25, 0.3) is 0 Å². The Labute approximate surface area is 134 Å². The number of carbonyl (C=O) groups excluding carboxylic acids is 2. The van der Waals surface area contributed by atoms with Crippen LogP contribution in [0.4, 0.5) is 11.4 Å². The van der Waals surface area contributed by atoms with E-state index in [1.165, 1.54) is 10.5 Å². The quantitative estimate of drug-likeness (QED) is 0.928. The molecule has 5 nitrogen and oxygen atoms in total. The minimum absolute atomic E-state index is 0.0581. The van der Waals surface area contributed by atoms with Crippen LogP contribution in [0.15, 0.2) is 36.4 Å². The number of aryl methyl sites for hydroxylation is 2. The minimum Gasteiger partial charge on any atom is -0.481 e. The molecule has 0 spiro atoms. The van der Waals surface area contributed by atoms with E-state index in [2.05, 4.69) is 5.32 Å². The molecule has 23 heavy (non-hydrogen) atoms. The lowest BCUT2D eigenvalue weighted by atomic mass is 10.1. The summed E-state index contributed by atoms with van der Waals surface area (Å²) in [5.74, 6) is 0.0491. The Kier molecular flexibility index (Phi) is 3.78. The van der Waals surface area contributed by atoms with Gasteiger partial charge in [-0.3, -0.25) is 9.59 Å². The summed E-state index contributed by atoms with van der Waals surface area (Å²) in [5.41, 5.74) is 4.04. The van der Waals surface area contributed by atoms with Gasteiger partial charge in [-0.15, -0.1) is 0 Å². The Morgan fingerprint density at radius 2 is 1.96 bits per heavy atom. The first kappa shape index (κ1) is 15.1. The van der Waals surface area contributed by atoms with Crippen molar-refractivity contribution < 1.29 is 14.3 Å². The van der Waals surface area contributed by atoms with Crippen LogP contribution in [0.2, 0.25) is 0 Å². The number of ether oxygens (including phenoxy) is 1. The summed E-state index contributed by atoms with van der Waals surface area (Å²) < 4.78 is 5.49. The molecule has 0 fully saturated rings. The average Bonchev–Trinajstić information content (AvgIpc) is 2.54. The first-order valence-corrected chi connectivity index (χ1v) is 7.38. The fourth-order valence-electron chi connectivity index (χ4n) is 2.50. The number of likely N-dealkylation sites (N-methyl/N-ethyl adjacent to an activating group) is 1. The molecule has 5 heteroatoms. The number of hydrogen-bond acceptors (Lipinski definition) is 3. The van der Waals surface area contributed by atoms with Gasteiger partial charge in [0.1, 0.15) is 0 Å². The van der Waals surface area contributed by atoms with E-state index in [0.29, 0.717) is 17.0 Å². The number of nitrogens with zero attached hydrogens (tertiary/aromatic N) is 1. The molecule has 0 aromatic heterocycles. The van der Waals surface area contributed by atoms with Crippen molar-refractivity contribution in [2.75, 3.05) is 23.9 Å². The first-order valence-electron chi connectivity index (χ1n) is 7.38. The van der Waals surface area contributed by atoms with Crippen molar-refractivity contribution in [1.29, 1.82) is 0 Å². The highest BCUT2D eigenvalue weighted by atomic mass is 16.5. The molecule has 0 atom stereocenters. The van der Waals surface area contributed by atoms with Crippen LogP contribution < -0.4 is 15.0 Å². The molecule has 0 unspecified atom stereocenters. The number of nitrogens with one attached hydrogen (secondary N) is 1. The molecule has 2 aromatic rings. The number of benzene rings is 2. The molecule has 0 saturated heterocycles. The predicted octanol–water partition coefficient (Wildman–Crippen LogP) is 2.91. The zero-order valence-electron chi connectivity index (χ0n) is 13.3. The van der Waals surface area contributed by atoms with Gasteiger partial charge < -0.3 is 15.0 Å². The number of hydrogen-bond donors (Lipinski definition) is 1. The number of anilines is 2. The molecule has 0 bridgehead atoms. The SMILES string of the molecule is Cc1ccc(NC(=O)c2cccc3c2OCC(=O)N3C)cc1C. The van der Waals surface area contributed by atoms with E-state index < -0.39 is 0 Å². The molecule has 3 rings (SSSR count). The van der Waals surface area contributed by atoms with Gasteiger partial charge in [-0.25, -0.2) is 0 Å². The van der Waals surface area contributed by atoms with Gasteiger partial charge in [-0.2, -0.15) is 0 Å². The van der Waals surface area contributed by atoms with Crippen molar-refractivity contribution in [3.63, 3.8) is 0 Å². The van der Waals surface area contributed by atoms with Gasteiger partial charge in [0.25, 0.3) is 11.8 Å². The monoisotopic (exact) mass is 310 g/mol. The lowest BCUT2D eigenvalue weighted by Gasteiger charge is -2.27. The summed E-state index contributed by atoms with van der Waals surface area (Å²) >= 11 is 0. The van der Waals surface area contributed by atoms with Gasteiger partial charge in [0.05, 0.1) is 11.3 Å². The first-order chi connectivity index (χ1) is 11.0. The number of rotatable bonds is 2. The molecule has 118 valence electrons. The molecule has 0 saturated carbocycles. The fourth-order valence-corrected chi connectivity index (χ4v) is 2.50. The van der Waals surface area contributed by atoms with Crippen molar-refractivity contribution in [3.8, 4) is 5.75 Å².